The Bertz CT molecular complexity index is 949. The Morgan fingerprint density at radius 3 is 2.52 bits per heavy atom. The van der Waals surface area contributed by atoms with Crippen molar-refractivity contribution < 1.29 is 9.90 Å². The predicted octanol–water partition coefficient (Wildman–Crippen LogP) is 5.00. The summed E-state index contributed by atoms with van der Waals surface area (Å²) in [5.41, 5.74) is 7.75. The van der Waals surface area contributed by atoms with Crippen molar-refractivity contribution in [3.63, 3.8) is 0 Å². The SMILES string of the molecule is Cc1ccc(N/N=C(/CCCCC(=O)O)c2ccc3ccccc3n2)cc1. The minimum atomic E-state index is -0.768. The third kappa shape index (κ3) is 5.38. The topological polar surface area (TPSA) is 74.6 Å². The fourth-order valence-electron chi connectivity index (χ4n) is 2.80. The molecule has 2 N–H and O–H groups in total. The van der Waals surface area contributed by atoms with E-state index in [1.54, 1.807) is 0 Å². The first kappa shape index (κ1) is 18.6. The van der Waals surface area contributed by atoms with Gasteiger partial charge in [-0.15, -0.1) is 0 Å². The lowest BCUT2D eigenvalue weighted by Gasteiger charge is -2.09. The van der Waals surface area contributed by atoms with Crippen molar-refractivity contribution in [3.05, 3.63) is 71.9 Å². The molecule has 5 nitrogen and oxygen atoms in total. The maximum absolute atomic E-state index is 10.7. The summed E-state index contributed by atoms with van der Waals surface area (Å²) < 4.78 is 0. The number of aromatic nitrogens is 1. The lowest BCUT2D eigenvalue weighted by molar-refractivity contribution is -0.137. The number of carboxylic acid groups (broad SMARTS) is 1. The normalized spacial score (nSPS) is 11.5. The Kier molecular flexibility index (Phi) is 6.15. The van der Waals surface area contributed by atoms with Gasteiger partial charge in [-0.1, -0.05) is 42.0 Å². The Morgan fingerprint density at radius 1 is 1.00 bits per heavy atom. The molecule has 0 amide bonds. The van der Waals surface area contributed by atoms with E-state index in [0.717, 1.165) is 34.4 Å². The van der Waals surface area contributed by atoms with E-state index in [2.05, 4.69) is 10.5 Å². The quantitative estimate of drug-likeness (QED) is 0.336. The van der Waals surface area contributed by atoms with Gasteiger partial charge < -0.3 is 5.11 Å². The van der Waals surface area contributed by atoms with Crippen LogP contribution in [0.3, 0.4) is 0 Å². The fourth-order valence-corrected chi connectivity index (χ4v) is 2.80. The van der Waals surface area contributed by atoms with Gasteiger partial charge in [0.2, 0.25) is 0 Å². The second-order valence-electron chi connectivity index (χ2n) is 6.53. The molecule has 0 aliphatic heterocycles. The summed E-state index contributed by atoms with van der Waals surface area (Å²) in [7, 11) is 0. The number of pyridine rings is 1. The first-order chi connectivity index (χ1) is 13.1. The summed E-state index contributed by atoms with van der Waals surface area (Å²) in [6, 6.07) is 20.0. The average molecular weight is 361 g/mol. The molecule has 0 spiro atoms. The molecule has 27 heavy (non-hydrogen) atoms. The Balaban J connectivity index is 1.81. The van der Waals surface area contributed by atoms with E-state index in [9.17, 15) is 4.79 Å². The zero-order valence-electron chi connectivity index (χ0n) is 15.4. The largest absolute Gasteiger partial charge is 0.481 e. The van der Waals surface area contributed by atoms with Crippen LogP contribution in [0.5, 0.6) is 0 Å². The number of benzene rings is 2. The monoisotopic (exact) mass is 361 g/mol. The van der Waals surface area contributed by atoms with Gasteiger partial charge in [0.1, 0.15) is 0 Å². The number of aryl methyl sites for hydroxylation is 1. The molecule has 2 aromatic carbocycles. The lowest BCUT2D eigenvalue weighted by atomic mass is 10.1. The highest BCUT2D eigenvalue weighted by Crippen LogP contribution is 2.16. The van der Waals surface area contributed by atoms with Gasteiger partial charge in [0, 0.05) is 11.8 Å². The number of anilines is 1. The van der Waals surface area contributed by atoms with Crippen LogP contribution in [0.15, 0.2) is 65.8 Å². The van der Waals surface area contributed by atoms with E-state index in [-0.39, 0.29) is 6.42 Å². The van der Waals surface area contributed by atoms with Crippen LogP contribution in [-0.4, -0.2) is 21.8 Å². The van der Waals surface area contributed by atoms with E-state index >= 15 is 0 Å². The number of unbranched alkanes of at least 4 members (excludes halogenated alkanes) is 1. The van der Waals surface area contributed by atoms with Gasteiger partial charge in [-0.25, -0.2) is 4.98 Å². The average Bonchev–Trinajstić information content (AvgIpc) is 2.68. The number of hydrazone groups is 1. The van der Waals surface area contributed by atoms with Crippen LogP contribution in [0.2, 0.25) is 0 Å². The number of hydrogen-bond donors (Lipinski definition) is 2. The number of nitrogens with zero attached hydrogens (tertiary/aromatic N) is 2. The van der Waals surface area contributed by atoms with E-state index in [0.29, 0.717) is 12.8 Å². The molecule has 1 heterocycles. The maximum atomic E-state index is 10.7. The minimum absolute atomic E-state index is 0.170. The predicted molar refractivity (Wildman–Crippen MR) is 109 cm³/mol. The van der Waals surface area contributed by atoms with Crippen LogP contribution in [-0.2, 0) is 4.79 Å². The van der Waals surface area contributed by atoms with Crippen LogP contribution in [0, 0.1) is 6.92 Å². The molecule has 0 atom stereocenters. The van der Waals surface area contributed by atoms with E-state index in [1.807, 2.05) is 67.6 Å². The van der Waals surface area contributed by atoms with E-state index in [4.69, 9.17) is 10.1 Å². The number of para-hydroxylation sites is 1. The molecule has 0 radical (unpaired) electrons. The molecule has 0 aliphatic rings. The van der Waals surface area contributed by atoms with Crippen LogP contribution in [0.25, 0.3) is 10.9 Å². The van der Waals surface area contributed by atoms with Crippen LogP contribution >= 0.6 is 0 Å². The van der Waals surface area contributed by atoms with Crippen LogP contribution < -0.4 is 5.43 Å². The first-order valence-electron chi connectivity index (χ1n) is 9.09. The van der Waals surface area contributed by atoms with Crippen molar-refractivity contribution >= 4 is 28.3 Å². The summed E-state index contributed by atoms with van der Waals surface area (Å²) in [4.78, 5) is 15.5. The molecule has 0 aliphatic carbocycles. The first-order valence-corrected chi connectivity index (χ1v) is 9.09. The molecule has 0 saturated carbocycles. The zero-order valence-corrected chi connectivity index (χ0v) is 15.4. The number of fused-ring (bicyclic) bond motifs is 1. The molecule has 3 aromatic rings. The zero-order chi connectivity index (χ0) is 19.1. The standard InChI is InChI=1S/C22H23N3O2/c1-16-10-13-18(14-11-16)24-25-21(8-4-5-9-22(26)27)20-15-12-17-6-2-3-7-19(17)23-20/h2-3,6-7,10-15,24H,4-5,8-9H2,1H3,(H,26,27)/b25-21-. The van der Waals surface area contributed by atoms with Crippen molar-refractivity contribution in [1.82, 2.24) is 4.98 Å². The molecule has 5 heteroatoms. The number of aliphatic carboxylic acids is 1. The van der Waals surface area contributed by atoms with Gasteiger partial charge in [-0.2, -0.15) is 5.10 Å². The third-order valence-corrected chi connectivity index (χ3v) is 4.32. The molecule has 0 bridgehead atoms. The summed E-state index contributed by atoms with van der Waals surface area (Å²) in [5.74, 6) is -0.768. The molecule has 0 saturated heterocycles. The molecule has 3 rings (SSSR count). The summed E-state index contributed by atoms with van der Waals surface area (Å²) in [5, 5.41) is 14.5. The molecular formula is C22H23N3O2. The van der Waals surface area contributed by atoms with Gasteiger partial charge in [-0.3, -0.25) is 10.2 Å². The smallest absolute Gasteiger partial charge is 0.303 e. The van der Waals surface area contributed by atoms with Gasteiger partial charge in [0.15, 0.2) is 0 Å². The number of rotatable bonds is 8. The molecule has 1 aromatic heterocycles. The summed E-state index contributed by atoms with van der Waals surface area (Å²) in [6.07, 6.45) is 2.20. The van der Waals surface area contributed by atoms with Gasteiger partial charge >= 0.3 is 5.97 Å². The number of carboxylic acids is 1. The fraction of sp³-hybridized carbons (Fsp3) is 0.227. The van der Waals surface area contributed by atoms with Gasteiger partial charge in [-0.05, 0) is 50.5 Å². The van der Waals surface area contributed by atoms with Crippen molar-refractivity contribution in [2.45, 2.75) is 32.6 Å². The minimum Gasteiger partial charge on any atom is -0.481 e. The highest BCUT2D eigenvalue weighted by atomic mass is 16.4. The highest BCUT2D eigenvalue weighted by molar-refractivity contribution is 6.00. The Hall–Kier alpha value is -3.21. The highest BCUT2D eigenvalue weighted by Gasteiger charge is 2.08. The molecule has 0 unspecified atom stereocenters. The van der Waals surface area contributed by atoms with Crippen LogP contribution in [0.1, 0.15) is 36.9 Å². The second-order valence-corrected chi connectivity index (χ2v) is 6.53. The van der Waals surface area contributed by atoms with Crippen molar-refractivity contribution in [1.29, 1.82) is 0 Å². The van der Waals surface area contributed by atoms with Crippen molar-refractivity contribution in [2.75, 3.05) is 5.43 Å². The Labute approximate surface area is 158 Å². The molecule has 138 valence electrons. The lowest BCUT2D eigenvalue weighted by Crippen LogP contribution is -2.08. The maximum Gasteiger partial charge on any atom is 0.303 e. The van der Waals surface area contributed by atoms with E-state index in [1.165, 1.54) is 5.56 Å². The third-order valence-electron chi connectivity index (χ3n) is 4.32. The number of hydrogen-bond acceptors (Lipinski definition) is 4. The summed E-state index contributed by atoms with van der Waals surface area (Å²) in [6.45, 7) is 2.04. The summed E-state index contributed by atoms with van der Waals surface area (Å²) >= 11 is 0. The Morgan fingerprint density at radius 2 is 1.74 bits per heavy atom. The van der Waals surface area contributed by atoms with Gasteiger partial charge in [0.05, 0.1) is 22.6 Å². The number of nitrogens with one attached hydrogen (secondary N) is 1. The number of carbonyl (C=O) groups is 1. The van der Waals surface area contributed by atoms with Crippen molar-refractivity contribution in [2.24, 2.45) is 5.10 Å². The molecule has 0 fully saturated rings. The second kappa shape index (κ2) is 8.94. The molecular weight excluding hydrogens is 338 g/mol. The van der Waals surface area contributed by atoms with Crippen LogP contribution in [0.4, 0.5) is 5.69 Å². The van der Waals surface area contributed by atoms with Crippen molar-refractivity contribution in [3.8, 4) is 0 Å². The van der Waals surface area contributed by atoms with Gasteiger partial charge in [0.25, 0.3) is 0 Å². The van der Waals surface area contributed by atoms with E-state index < -0.39 is 5.97 Å².